The molecule has 2 unspecified atom stereocenters. The van der Waals surface area contributed by atoms with Gasteiger partial charge in [0.2, 0.25) is 0 Å². The van der Waals surface area contributed by atoms with Crippen LogP contribution in [-0.4, -0.2) is 31.6 Å². The van der Waals surface area contributed by atoms with E-state index in [-0.39, 0.29) is 0 Å². The van der Waals surface area contributed by atoms with Gasteiger partial charge >= 0.3 is 0 Å². The number of rotatable bonds is 7. The zero-order valence-corrected chi connectivity index (χ0v) is 13.5. The number of aryl methyl sites for hydroxylation is 2. The third-order valence-corrected chi connectivity index (χ3v) is 3.92. The topological polar surface area (TPSA) is 15.3 Å². The summed E-state index contributed by atoms with van der Waals surface area (Å²) in [6.45, 7) is 9.97. The zero-order valence-electron chi connectivity index (χ0n) is 13.5. The molecule has 0 fully saturated rings. The van der Waals surface area contributed by atoms with Crippen LogP contribution < -0.4 is 5.32 Å². The zero-order chi connectivity index (χ0) is 14.4. The van der Waals surface area contributed by atoms with Crippen molar-refractivity contribution >= 4 is 0 Å². The molecule has 1 rings (SSSR count). The molecule has 0 aliphatic heterocycles. The first-order valence-electron chi connectivity index (χ1n) is 7.43. The lowest BCUT2D eigenvalue weighted by molar-refractivity contribution is 0.222. The van der Waals surface area contributed by atoms with Crippen LogP contribution >= 0.6 is 0 Å². The quantitative estimate of drug-likeness (QED) is 0.806. The Hall–Kier alpha value is -0.860. The number of hydrogen-bond acceptors (Lipinski definition) is 2. The molecule has 108 valence electrons. The predicted octanol–water partition coefficient (Wildman–Crippen LogP) is 3.68. The number of hydrogen-bond donors (Lipinski definition) is 1. The lowest BCUT2D eigenvalue weighted by Gasteiger charge is -2.29. The van der Waals surface area contributed by atoms with Gasteiger partial charge in [-0.3, -0.25) is 0 Å². The van der Waals surface area contributed by atoms with Gasteiger partial charge < -0.3 is 10.2 Å². The normalized spacial score (nSPS) is 14.7. The van der Waals surface area contributed by atoms with Gasteiger partial charge in [0.25, 0.3) is 0 Å². The Morgan fingerprint density at radius 2 is 1.74 bits per heavy atom. The highest BCUT2D eigenvalue weighted by molar-refractivity contribution is 5.30. The van der Waals surface area contributed by atoms with Crippen molar-refractivity contribution in [3.8, 4) is 0 Å². The van der Waals surface area contributed by atoms with Crippen LogP contribution in [0.2, 0.25) is 0 Å². The monoisotopic (exact) mass is 262 g/mol. The first-order chi connectivity index (χ1) is 8.97. The molecular formula is C17H30N2. The fourth-order valence-corrected chi connectivity index (χ4v) is 2.68. The molecule has 0 bridgehead atoms. The van der Waals surface area contributed by atoms with Crippen LogP contribution in [0, 0.1) is 13.8 Å². The average Bonchev–Trinajstić information content (AvgIpc) is 2.34. The van der Waals surface area contributed by atoms with E-state index in [0.717, 1.165) is 6.54 Å². The van der Waals surface area contributed by atoms with Gasteiger partial charge in [0, 0.05) is 18.6 Å². The Kier molecular flexibility index (Phi) is 6.53. The molecule has 0 heterocycles. The molecule has 0 aliphatic rings. The molecule has 0 aliphatic carbocycles. The largest absolute Gasteiger partial charge is 0.312 e. The average molecular weight is 262 g/mol. The molecule has 0 saturated carbocycles. The van der Waals surface area contributed by atoms with E-state index in [1.165, 1.54) is 29.5 Å². The highest BCUT2D eigenvalue weighted by Crippen LogP contribution is 2.19. The highest BCUT2D eigenvalue weighted by Gasteiger charge is 2.16. The summed E-state index contributed by atoms with van der Waals surface area (Å²) in [5.74, 6) is 0. The Morgan fingerprint density at radius 1 is 1.16 bits per heavy atom. The Balaban J connectivity index is 2.77. The van der Waals surface area contributed by atoms with Gasteiger partial charge in [-0.05, 0) is 46.9 Å². The fourth-order valence-electron chi connectivity index (χ4n) is 2.68. The van der Waals surface area contributed by atoms with Crippen LogP contribution in [0.5, 0.6) is 0 Å². The van der Waals surface area contributed by atoms with Crippen LogP contribution in [0.25, 0.3) is 0 Å². The van der Waals surface area contributed by atoms with Gasteiger partial charge in [-0.1, -0.05) is 42.7 Å². The maximum absolute atomic E-state index is 3.46. The highest BCUT2D eigenvalue weighted by atomic mass is 15.1. The molecule has 1 aromatic rings. The first kappa shape index (κ1) is 16.2. The lowest BCUT2D eigenvalue weighted by atomic mass is 10.0. The number of nitrogens with zero attached hydrogens (tertiary/aromatic N) is 1. The van der Waals surface area contributed by atoms with Crippen LogP contribution in [0.1, 0.15) is 49.4 Å². The van der Waals surface area contributed by atoms with Gasteiger partial charge in [0.1, 0.15) is 0 Å². The standard InChI is InChI=1S/C17H30N2/c1-7-8-15(4)19(6)12-17(18-5)16-10-13(2)9-14(3)11-16/h9-11,15,17-18H,7-8,12H2,1-6H3. The van der Waals surface area contributed by atoms with Crippen molar-refractivity contribution in [2.45, 2.75) is 52.6 Å². The van der Waals surface area contributed by atoms with E-state index >= 15 is 0 Å². The Morgan fingerprint density at radius 3 is 2.21 bits per heavy atom. The summed E-state index contributed by atoms with van der Waals surface area (Å²) in [5.41, 5.74) is 4.09. The maximum Gasteiger partial charge on any atom is 0.0447 e. The third kappa shape index (κ3) is 4.96. The minimum atomic E-state index is 0.405. The van der Waals surface area contributed by atoms with Gasteiger partial charge in [-0.2, -0.15) is 0 Å². The first-order valence-corrected chi connectivity index (χ1v) is 7.43. The van der Waals surface area contributed by atoms with Crippen molar-refractivity contribution in [3.05, 3.63) is 34.9 Å². The molecule has 1 N–H and O–H groups in total. The molecule has 0 spiro atoms. The second kappa shape index (κ2) is 7.66. The lowest BCUT2D eigenvalue weighted by Crippen LogP contribution is -2.36. The van der Waals surface area contributed by atoms with E-state index in [0.29, 0.717) is 12.1 Å². The van der Waals surface area contributed by atoms with E-state index in [1.807, 2.05) is 0 Å². The summed E-state index contributed by atoms with van der Waals surface area (Å²) in [6.07, 6.45) is 2.51. The Bertz CT molecular complexity index is 367. The summed E-state index contributed by atoms with van der Waals surface area (Å²) in [5, 5.41) is 3.46. The molecule has 19 heavy (non-hydrogen) atoms. The molecule has 0 saturated heterocycles. The van der Waals surface area contributed by atoms with Gasteiger partial charge in [-0.25, -0.2) is 0 Å². The molecule has 2 atom stereocenters. The van der Waals surface area contributed by atoms with Crippen molar-refractivity contribution in [1.82, 2.24) is 10.2 Å². The van der Waals surface area contributed by atoms with Crippen molar-refractivity contribution in [2.75, 3.05) is 20.6 Å². The molecule has 2 heteroatoms. The molecule has 1 aromatic carbocycles. The summed E-state index contributed by atoms with van der Waals surface area (Å²) in [7, 11) is 4.29. The van der Waals surface area contributed by atoms with Crippen LogP contribution in [0.3, 0.4) is 0 Å². The number of nitrogens with one attached hydrogen (secondary N) is 1. The van der Waals surface area contributed by atoms with E-state index in [2.05, 4.69) is 70.2 Å². The van der Waals surface area contributed by atoms with E-state index in [9.17, 15) is 0 Å². The van der Waals surface area contributed by atoms with Crippen LogP contribution in [-0.2, 0) is 0 Å². The minimum Gasteiger partial charge on any atom is -0.312 e. The Labute approximate surface area is 119 Å². The number of likely N-dealkylation sites (N-methyl/N-ethyl adjacent to an activating group) is 2. The molecule has 0 aromatic heterocycles. The van der Waals surface area contributed by atoms with Gasteiger partial charge in [0.05, 0.1) is 0 Å². The molecule has 0 amide bonds. The van der Waals surface area contributed by atoms with E-state index < -0.39 is 0 Å². The van der Waals surface area contributed by atoms with Crippen molar-refractivity contribution in [3.63, 3.8) is 0 Å². The van der Waals surface area contributed by atoms with Gasteiger partial charge in [0.15, 0.2) is 0 Å². The molecule has 2 nitrogen and oxygen atoms in total. The van der Waals surface area contributed by atoms with Crippen molar-refractivity contribution < 1.29 is 0 Å². The SMILES string of the molecule is CCCC(C)N(C)CC(NC)c1cc(C)cc(C)c1. The van der Waals surface area contributed by atoms with E-state index in [1.54, 1.807) is 0 Å². The fraction of sp³-hybridized carbons (Fsp3) is 0.647. The summed E-state index contributed by atoms with van der Waals surface area (Å²) < 4.78 is 0. The molecular weight excluding hydrogens is 232 g/mol. The second-order valence-corrected chi connectivity index (χ2v) is 5.84. The van der Waals surface area contributed by atoms with Crippen LogP contribution in [0.4, 0.5) is 0 Å². The summed E-state index contributed by atoms with van der Waals surface area (Å²) >= 11 is 0. The number of benzene rings is 1. The van der Waals surface area contributed by atoms with Crippen LogP contribution in [0.15, 0.2) is 18.2 Å². The van der Waals surface area contributed by atoms with Crippen molar-refractivity contribution in [1.29, 1.82) is 0 Å². The smallest absolute Gasteiger partial charge is 0.0447 e. The summed E-state index contributed by atoms with van der Waals surface area (Å²) in [4.78, 5) is 2.46. The minimum absolute atomic E-state index is 0.405. The molecule has 0 radical (unpaired) electrons. The van der Waals surface area contributed by atoms with Gasteiger partial charge in [-0.15, -0.1) is 0 Å². The van der Waals surface area contributed by atoms with Crippen molar-refractivity contribution in [2.24, 2.45) is 0 Å². The summed E-state index contributed by atoms with van der Waals surface area (Å²) in [6, 6.07) is 7.88. The maximum atomic E-state index is 3.46. The third-order valence-electron chi connectivity index (χ3n) is 3.92. The predicted molar refractivity (Wildman–Crippen MR) is 84.7 cm³/mol. The van der Waals surface area contributed by atoms with E-state index in [4.69, 9.17) is 0 Å². The second-order valence-electron chi connectivity index (χ2n) is 5.84.